The third-order valence-electron chi connectivity index (χ3n) is 12.3. The molecule has 2 aromatic heterocycles. The van der Waals surface area contributed by atoms with Crippen molar-refractivity contribution in [1.82, 2.24) is 14.9 Å². The second kappa shape index (κ2) is 20.1. The van der Waals surface area contributed by atoms with Crippen LogP contribution in [-0.4, -0.2) is 68.1 Å². The van der Waals surface area contributed by atoms with Gasteiger partial charge in [0.25, 0.3) is 0 Å². The maximum absolute atomic E-state index is 12.2. The first kappa shape index (κ1) is 44.9. The van der Waals surface area contributed by atoms with Crippen molar-refractivity contribution in [2.24, 2.45) is 9.98 Å². The minimum Gasteiger partial charge on any atom is -0.488 e. The van der Waals surface area contributed by atoms with E-state index in [4.69, 9.17) is 42.1 Å². The predicted octanol–water partition coefficient (Wildman–Crippen LogP) is 9.92. The molecule has 3 aliphatic heterocycles. The Hall–Kier alpha value is -6.31. The number of aromatic nitrogens is 2. The summed E-state index contributed by atoms with van der Waals surface area (Å²) in [5.41, 5.74) is 13.3. The summed E-state index contributed by atoms with van der Waals surface area (Å²) in [6, 6.07) is 22.8. The van der Waals surface area contributed by atoms with Crippen molar-refractivity contribution >= 4 is 40.6 Å². The number of rotatable bonds is 19. The first-order valence-electron chi connectivity index (χ1n) is 22.0. The van der Waals surface area contributed by atoms with Gasteiger partial charge in [-0.25, -0.2) is 0 Å². The van der Waals surface area contributed by atoms with E-state index >= 15 is 0 Å². The third kappa shape index (κ3) is 10.5. The molecule has 0 aliphatic carbocycles. The fourth-order valence-corrected chi connectivity index (χ4v) is 8.84. The van der Waals surface area contributed by atoms with Gasteiger partial charge in [-0.05, 0) is 90.9 Å². The summed E-state index contributed by atoms with van der Waals surface area (Å²) >= 11 is 13.6. The maximum atomic E-state index is 12.2. The number of carboxylic acids is 1. The molecule has 1 saturated heterocycles. The highest BCUT2D eigenvalue weighted by atomic mass is 35.5. The van der Waals surface area contributed by atoms with Gasteiger partial charge in [0.05, 0.1) is 41.2 Å². The molecule has 4 aromatic carbocycles. The molecule has 66 heavy (non-hydrogen) atoms. The normalized spacial score (nSPS) is 15.4. The summed E-state index contributed by atoms with van der Waals surface area (Å²) in [4.78, 5) is 31.5. The first-order chi connectivity index (χ1) is 32.1. The van der Waals surface area contributed by atoms with Crippen molar-refractivity contribution in [3.05, 3.63) is 163 Å². The van der Waals surface area contributed by atoms with Gasteiger partial charge in [0, 0.05) is 76.8 Å². The summed E-state index contributed by atoms with van der Waals surface area (Å²) < 4.78 is 25.4. The molecular weight excluding hydrogens is 878 g/mol. The Morgan fingerprint density at radius 1 is 0.652 bits per heavy atom. The number of aliphatic imine (C=N–C) groups is 2. The van der Waals surface area contributed by atoms with Gasteiger partial charge in [-0.1, -0.05) is 66.0 Å². The van der Waals surface area contributed by atoms with Crippen molar-refractivity contribution < 1.29 is 34.0 Å². The summed E-state index contributed by atoms with van der Waals surface area (Å²) in [6.07, 6.45) is 9.51. The molecule has 1 fully saturated rings. The van der Waals surface area contributed by atoms with Crippen LogP contribution in [0, 0.1) is 13.8 Å². The molecule has 0 unspecified atom stereocenters. The summed E-state index contributed by atoms with van der Waals surface area (Å²) in [5, 5.41) is 20.9. The predicted molar refractivity (Wildman–Crippen MR) is 254 cm³/mol. The Morgan fingerprint density at radius 3 is 1.65 bits per heavy atom. The molecule has 6 aromatic rings. The van der Waals surface area contributed by atoms with Crippen molar-refractivity contribution in [2.45, 2.75) is 78.7 Å². The van der Waals surface area contributed by atoms with Crippen LogP contribution >= 0.6 is 23.2 Å². The largest absolute Gasteiger partial charge is 0.488 e. The average molecular weight is 927 g/mol. The van der Waals surface area contributed by atoms with Crippen LogP contribution in [0.1, 0.15) is 74.9 Å². The van der Waals surface area contributed by atoms with Crippen LogP contribution in [0.2, 0.25) is 10.0 Å². The number of aliphatic hydroxyl groups is 1. The molecule has 9 rings (SSSR count). The van der Waals surface area contributed by atoms with E-state index in [1.165, 1.54) is 0 Å². The summed E-state index contributed by atoms with van der Waals surface area (Å²) in [5.74, 6) is 1.11. The van der Waals surface area contributed by atoms with Gasteiger partial charge in [-0.2, -0.15) is 0 Å². The van der Waals surface area contributed by atoms with Crippen LogP contribution in [0.15, 0.2) is 108 Å². The molecule has 3 aliphatic rings. The summed E-state index contributed by atoms with van der Waals surface area (Å²) in [7, 11) is 0. The number of nitrogens with zero attached hydrogens (tertiary/aromatic N) is 5. The maximum Gasteiger partial charge on any atom is 0.320 e. The minimum absolute atomic E-state index is 0.241. The van der Waals surface area contributed by atoms with Gasteiger partial charge >= 0.3 is 5.97 Å². The fraction of sp³-hybridized carbons (Fsp3) is 0.288. The van der Waals surface area contributed by atoms with Crippen LogP contribution in [0.3, 0.4) is 0 Å². The van der Waals surface area contributed by atoms with Crippen molar-refractivity contribution in [1.29, 1.82) is 0 Å². The number of benzene rings is 4. The Kier molecular flexibility index (Phi) is 13.6. The number of ether oxygens (including phenoxy) is 4. The highest BCUT2D eigenvalue weighted by Gasteiger charge is 2.30. The highest BCUT2D eigenvalue weighted by molar-refractivity contribution is 6.32. The molecule has 0 amide bonds. The molecule has 2 N–H and O–H groups in total. The third-order valence-corrected chi connectivity index (χ3v) is 12.9. The lowest BCUT2D eigenvalue weighted by molar-refractivity contribution is -0.144. The number of halogens is 2. The number of piperidine rings is 1. The average Bonchev–Trinajstić information content (AvgIpc) is 4.27. The Bertz CT molecular complexity index is 2870. The van der Waals surface area contributed by atoms with Crippen LogP contribution in [0.25, 0.3) is 11.1 Å². The number of pyridine rings is 2. The number of carbonyl (C=O) groups is 1. The number of hydrogen-bond donors (Lipinski definition) is 2. The van der Waals surface area contributed by atoms with Crippen molar-refractivity contribution in [3.63, 3.8) is 0 Å². The zero-order valence-electron chi connectivity index (χ0n) is 36.7. The Labute approximate surface area is 393 Å². The molecule has 12 nitrogen and oxygen atoms in total. The summed E-state index contributed by atoms with van der Waals surface area (Å²) in [6.45, 7) is 7.40. The number of hydrogen-bond acceptors (Lipinski definition) is 11. The molecule has 5 heterocycles. The molecule has 338 valence electrons. The van der Waals surface area contributed by atoms with E-state index in [1.807, 2.05) is 53.4 Å². The van der Waals surface area contributed by atoms with E-state index in [-0.39, 0.29) is 33.0 Å². The zero-order valence-corrected chi connectivity index (χ0v) is 38.2. The number of carboxylic acid groups (broad SMARTS) is 1. The topological polar surface area (TPSA) is 148 Å². The zero-order chi connectivity index (χ0) is 45.7. The van der Waals surface area contributed by atoms with Gasteiger partial charge < -0.3 is 29.2 Å². The molecule has 0 spiro atoms. The van der Waals surface area contributed by atoms with E-state index in [0.717, 1.165) is 98.6 Å². The molecule has 0 saturated carbocycles. The van der Waals surface area contributed by atoms with E-state index in [0.29, 0.717) is 58.1 Å². The molecular formula is C52H49Cl2N5O7. The number of aliphatic carboxylic acids is 1. The lowest BCUT2D eigenvalue weighted by Crippen LogP contribution is -2.44. The van der Waals surface area contributed by atoms with E-state index in [9.17, 15) is 15.0 Å². The SMILES string of the molecule is Cc1c(COc2cc(OCc3cncc(C4=NC4)c3)c(CO)cc2Cl)cccc1-c1cccc(COc2cc(OCc3cncc(C4=NC4)c3)c(CN3CCCC[C@H]3C(=O)O)cc2Cl)c1C. The quantitative estimate of drug-likeness (QED) is 0.0805. The van der Waals surface area contributed by atoms with Crippen LogP contribution < -0.4 is 18.9 Å². The standard InChI is InChI=1S/C52H49Cl2N5O7/c1-31-35(29-65-50-17-48(63-27-33-13-37(21-55-19-33)45-23-57-45)39(15-43(50)53)25-59-12-4-3-11-47(59)52(61)62)7-5-9-41(31)42-10-6-8-36(32(42)2)30-66-51-18-49(40(26-60)16-44(51)54)64-28-34-14-38(22-56-20-34)46-24-58-46/h5-10,13-22,47,60H,3-4,11-12,23-30H2,1-2H3,(H,61,62)/t47-/m0/s1. The van der Waals surface area contributed by atoms with E-state index in [1.54, 1.807) is 36.9 Å². The minimum atomic E-state index is -0.825. The van der Waals surface area contributed by atoms with Crippen molar-refractivity contribution in [2.75, 3.05) is 19.6 Å². The molecule has 14 heteroatoms. The lowest BCUT2D eigenvalue weighted by atomic mass is 9.92. The van der Waals surface area contributed by atoms with Gasteiger partial charge in [-0.15, -0.1) is 0 Å². The Morgan fingerprint density at radius 2 is 1.15 bits per heavy atom. The molecule has 0 bridgehead atoms. The smallest absolute Gasteiger partial charge is 0.320 e. The van der Waals surface area contributed by atoms with Gasteiger partial charge in [0.1, 0.15) is 55.5 Å². The highest BCUT2D eigenvalue weighted by Crippen LogP contribution is 2.38. The lowest BCUT2D eigenvalue weighted by Gasteiger charge is -2.33. The number of likely N-dealkylation sites (tertiary alicyclic amines) is 1. The second-order valence-corrected chi connectivity index (χ2v) is 17.6. The first-order valence-corrected chi connectivity index (χ1v) is 22.7. The molecule has 0 radical (unpaired) electrons. The Balaban J connectivity index is 0.906. The van der Waals surface area contributed by atoms with Gasteiger partial charge in [0.2, 0.25) is 0 Å². The van der Waals surface area contributed by atoms with Crippen LogP contribution in [0.5, 0.6) is 23.0 Å². The van der Waals surface area contributed by atoms with Crippen LogP contribution in [0.4, 0.5) is 0 Å². The van der Waals surface area contributed by atoms with E-state index < -0.39 is 12.0 Å². The second-order valence-electron chi connectivity index (χ2n) is 16.8. The fourth-order valence-electron chi connectivity index (χ4n) is 8.36. The van der Waals surface area contributed by atoms with Gasteiger partial charge in [0.15, 0.2) is 0 Å². The van der Waals surface area contributed by atoms with Crippen LogP contribution in [-0.2, 0) is 44.4 Å². The van der Waals surface area contributed by atoms with Crippen molar-refractivity contribution in [3.8, 4) is 34.1 Å². The monoisotopic (exact) mass is 925 g/mol. The number of aliphatic hydroxyl groups excluding tert-OH is 1. The van der Waals surface area contributed by atoms with Gasteiger partial charge in [-0.3, -0.25) is 29.6 Å². The molecule has 1 atom stereocenters. The van der Waals surface area contributed by atoms with E-state index in [2.05, 4.69) is 45.9 Å².